The minimum Gasteiger partial charge on any atom is -0.462 e. The first kappa shape index (κ1) is 50.9. The third-order valence-electron chi connectivity index (χ3n) is 7.69. The zero-order chi connectivity index (χ0) is 39.6. The van der Waals surface area contributed by atoms with Gasteiger partial charge in [-0.15, -0.1) is 0 Å². The molecule has 0 fully saturated rings. The van der Waals surface area contributed by atoms with Crippen LogP contribution in [0.4, 0.5) is 0 Å². The molecule has 0 saturated carbocycles. The van der Waals surface area contributed by atoms with Crippen molar-refractivity contribution in [1.29, 1.82) is 0 Å². The summed E-state index contributed by atoms with van der Waals surface area (Å²) in [6.07, 6.45) is 48.9. The zero-order valence-corrected chi connectivity index (χ0v) is 34.5. The Bertz CT molecular complexity index is 1200. The fourth-order valence-electron chi connectivity index (χ4n) is 4.65. The first-order chi connectivity index (χ1) is 26.3. The summed E-state index contributed by atoms with van der Waals surface area (Å²) in [6.45, 7) is 3.93. The van der Waals surface area contributed by atoms with E-state index in [0.29, 0.717) is 25.8 Å². The zero-order valence-electron chi connectivity index (χ0n) is 33.6. The van der Waals surface area contributed by atoms with Gasteiger partial charge in [-0.2, -0.15) is 0 Å². The number of phosphoric ester groups is 1. The van der Waals surface area contributed by atoms with Gasteiger partial charge in [0.1, 0.15) is 6.61 Å². The Morgan fingerprint density at radius 2 is 1.06 bits per heavy atom. The minimum atomic E-state index is -4.38. The lowest BCUT2D eigenvalue weighted by molar-refractivity contribution is -0.161. The average Bonchev–Trinajstić information content (AvgIpc) is 3.15. The Hall–Kier alpha value is -3.07. The van der Waals surface area contributed by atoms with Crippen LogP contribution in [0.2, 0.25) is 0 Å². The van der Waals surface area contributed by atoms with Gasteiger partial charge in [-0.1, -0.05) is 124 Å². The molecule has 0 aromatic heterocycles. The second-order valence-electron chi connectivity index (χ2n) is 12.7. The molecule has 10 heteroatoms. The Kier molecular flexibility index (Phi) is 37.4. The molecule has 2 N–H and O–H groups in total. The van der Waals surface area contributed by atoms with Gasteiger partial charge in [0.2, 0.25) is 0 Å². The molecule has 0 bridgehead atoms. The first-order valence-electron chi connectivity index (χ1n) is 20.2. The smallest absolute Gasteiger partial charge is 0.462 e. The molecule has 0 aliphatic rings. The van der Waals surface area contributed by atoms with E-state index < -0.39 is 32.5 Å². The summed E-state index contributed by atoms with van der Waals surface area (Å²) in [5, 5.41) is 2.81. The Morgan fingerprint density at radius 3 is 1.56 bits per heavy atom. The van der Waals surface area contributed by atoms with Crippen LogP contribution in [0.25, 0.3) is 0 Å². The van der Waals surface area contributed by atoms with Crippen LogP contribution in [-0.2, 0) is 32.7 Å². The van der Waals surface area contributed by atoms with Crippen molar-refractivity contribution in [2.24, 2.45) is 0 Å². The highest BCUT2D eigenvalue weighted by Crippen LogP contribution is 2.43. The van der Waals surface area contributed by atoms with Gasteiger partial charge >= 0.3 is 19.8 Å². The maximum absolute atomic E-state index is 12.6. The number of nitrogens with one attached hydrogen (secondary N) is 1. The highest BCUT2D eigenvalue weighted by molar-refractivity contribution is 7.47. The fourth-order valence-corrected chi connectivity index (χ4v) is 5.40. The molecule has 0 amide bonds. The lowest BCUT2D eigenvalue weighted by atomic mass is 10.2. The molecule has 9 nitrogen and oxygen atoms in total. The van der Waals surface area contributed by atoms with Gasteiger partial charge < -0.3 is 19.7 Å². The average molecular weight is 774 g/mol. The van der Waals surface area contributed by atoms with Gasteiger partial charge in [0.15, 0.2) is 6.10 Å². The molecule has 0 spiro atoms. The molecule has 2 atom stereocenters. The van der Waals surface area contributed by atoms with Crippen molar-refractivity contribution >= 4 is 19.8 Å². The number of hydrogen-bond donors (Lipinski definition) is 2. The predicted molar refractivity (Wildman–Crippen MR) is 224 cm³/mol. The number of carbonyl (C=O) groups is 2. The summed E-state index contributed by atoms with van der Waals surface area (Å²) in [4.78, 5) is 34.9. The first-order valence-corrected chi connectivity index (χ1v) is 21.7. The van der Waals surface area contributed by atoms with E-state index >= 15 is 0 Å². The molecule has 54 heavy (non-hydrogen) atoms. The fraction of sp³-hybridized carbons (Fsp3) is 0.591. The molecule has 2 unspecified atom stereocenters. The topological polar surface area (TPSA) is 120 Å². The maximum atomic E-state index is 12.6. The normalized spacial score (nSPS) is 14.4. The summed E-state index contributed by atoms with van der Waals surface area (Å²) in [6, 6.07) is 0. The van der Waals surface area contributed by atoms with Gasteiger partial charge in [0.05, 0.1) is 13.2 Å². The summed E-state index contributed by atoms with van der Waals surface area (Å²) >= 11 is 0. The van der Waals surface area contributed by atoms with E-state index in [9.17, 15) is 19.0 Å². The van der Waals surface area contributed by atoms with Gasteiger partial charge in [0, 0.05) is 19.4 Å². The van der Waals surface area contributed by atoms with Gasteiger partial charge in [-0.25, -0.2) is 4.57 Å². The van der Waals surface area contributed by atoms with E-state index in [2.05, 4.69) is 110 Å². The summed E-state index contributed by atoms with van der Waals surface area (Å²) in [7, 11) is -2.69. The summed E-state index contributed by atoms with van der Waals surface area (Å²) in [5.41, 5.74) is 0. The molecular formula is C44H72NO8P. The standard InChI is InChI=1S/C44H72NO8P/c1-4-6-8-10-12-14-16-18-20-21-23-25-27-29-31-33-35-37-44(47)53-42(41-52-54(48,49)51-39-38-45-3)40-50-43(46)36-34-32-30-28-26-24-22-19-17-15-13-11-9-7-5-2/h7,9,12-15,18-20,22-23,25-26,28-29,31,42,45H,4-6,8,10-11,16-17,21,24,27,30,32-41H2,1-3H3,(H,48,49)/b9-7-,14-12-,15-13-,20-18-,22-19-,25-23-,28-26-,31-29-. The highest BCUT2D eigenvalue weighted by atomic mass is 31.2. The van der Waals surface area contributed by atoms with E-state index in [1.54, 1.807) is 7.05 Å². The molecule has 0 aromatic carbocycles. The van der Waals surface area contributed by atoms with Crippen LogP contribution in [0.15, 0.2) is 97.2 Å². The number of likely N-dealkylation sites (N-methyl/N-ethyl adjacent to an activating group) is 1. The molecule has 0 radical (unpaired) electrons. The molecule has 0 aromatic rings. The summed E-state index contributed by atoms with van der Waals surface area (Å²) in [5.74, 6) is -0.934. The van der Waals surface area contributed by atoms with Crippen molar-refractivity contribution in [2.45, 2.75) is 136 Å². The number of hydrogen-bond acceptors (Lipinski definition) is 8. The van der Waals surface area contributed by atoms with Crippen molar-refractivity contribution in [3.8, 4) is 0 Å². The van der Waals surface area contributed by atoms with Crippen LogP contribution in [0.5, 0.6) is 0 Å². The SMILES string of the molecule is CC/C=C\C/C=C\C/C=C\C/C=C\CCCCC(=O)OCC(COP(=O)(O)OCCNC)OC(=O)CCC/C=C\C/C=C\C/C=C\C/C=C\CCCCC. The Balaban J connectivity index is 4.47. The summed E-state index contributed by atoms with van der Waals surface area (Å²) < 4.78 is 33.0. The number of esters is 2. The van der Waals surface area contributed by atoms with Crippen LogP contribution in [-0.4, -0.2) is 56.3 Å². The largest absolute Gasteiger partial charge is 0.472 e. The molecule has 306 valence electrons. The van der Waals surface area contributed by atoms with E-state index in [1.807, 2.05) is 6.08 Å². The van der Waals surface area contributed by atoms with Crippen LogP contribution >= 0.6 is 7.82 Å². The Morgan fingerprint density at radius 1 is 0.593 bits per heavy atom. The molecule has 0 aliphatic carbocycles. The molecule has 0 saturated heterocycles. The third kappa shape index (κ3) is 38.6. The number of phosphoric acid groups is 1. The molecule has 0 aliphatic heterocycles. The van der Waals surface area contributed by atoms with Crippen molar-refractivity contribution in [3.63, 3.8) is 0 Å². The lowest BCUT2D eigenvalue weighted by Gasteiger charge is -2.20. The van der Waals surface area contributed by atoms with Crippen LogP contribution in [0.1, 0.15) is 129 Å². The maximum Gasteiger partial charge on any atom is 0.472 e. The van der Waals surface area contributed by atoms with Crippen LogP contribution in [0.3, 0.4) is 0 Å². The number of ether oxygens (including phenoxy) is 2. The molecular weight excluding hydrogens is 701 g/mol. The molecule has 0 heterocycles. The second kappa shape index (κ2) is 39.6. The second-order valence-corrected chi connectivity index (χ2v) is 14.2. The van der Waals surface area contributed by atoms with Crippen LogP contribution in [0, 0.1) is 0 Å². The quantitative estimate of drug-likeness (QED) is 0.0277. The number of carbonyl (C=O) groups excluding carboxylic acids is 2. The van der Waals surface area contributed by atoms with Gasteiger partial charge in [-0.3, -0.25) is 18.6 Å². The van der Waals surface area contributed by atoms with Gasteiger partial charge in [-0.05, 0) is 96.9 Å². The monoisotopic (exact) mass is 773 g/mol. The Labute approximate surface area is 328 Å². The van der Waals surface area contributed by atoms with Crippen molar-refractivity contribution in [1.82, 2.24) is 5.32 Å². The minimum absolute atomic E-state index is 0.0396. The van der Waals surface area contributed by atoms with E-state index in [0.717, 1.165) is 57.8 Å². The third-order valence-corrected chi connectivity index (χ3v) is 8.67. The van der Waals surface area contributed by atoms with E-state index in [4.69, 9.17) is 18.5 Å². The van der Waals surface area contributed by atoms with Crippen molar-refractivity contribution in [2.75, 3.05) is 33.4 Å². The van der Waals surface area contributed by atoms with Crippen molar-refractivity contribution < 1.29 is 37.6 Å². The van der Waals surface area contributed by atoms with E-state index in [1.165, 1.54) is 25.7 Å². The number of allylic oxidation sites excluding steroid dienone is 16. The van der Waals surface area contributed by atoms with Crippen LogP contribution < -0.4 is 5.32 Å². The number of unbranched alkanes of at least 4 members (excludes halogenated alkanes) is 6. The predicted octanol–water partition coefficient (Wildman–Crippen LogP) is 11.3. The van der Waals surface area contributed by atoms with Gasteiger partial charge in [0.25, 0.3) is 0 Å². The van der Waals surface area contributed by atoms with Crippen molar-refractivity contribution in [3.05, 3.63) is 97.2 Å². The highest BCUT2D eigenvalue weighted by Gasteiger charge is 2.26. The number of rotatable bonds is 36. The lowest BCUT2D eigenvalue weighted by Crippen LogP contribution is -2.29. The van der Waals surface area contributed by atoms with E-state index in [-0.39, 0.29) is 26.1 Å². The molecule has 0 rings (SSSR count).